The van der Waals surface area contributed by atoms with Crippen LogP contribution in [0.15, 0.2) is 0 Å². The summed E-state index contributed by atoms with van der Waals surface area (Å²) in [5.41, 5.74) is 0. The van der Waals surface area contributed by atoms with Crippen molar-refractivity contribution in [2.45, 2.75) is 50.3 Å². The molecule has 0 amide bonds. The van der Waals surface area contributed by atoms with Crippen LogP contribution in [0.3, 0.4) is 0 Å². The Kier molecular flexibility index (Phi) is 3.57. The van der Waals surface area contributed by atoms with E-state index in [1.807, 2.05) is 0 Å². The van der Waals surface area contributed by atoms with Crippen LogP contribution in [0.2, 0.25) is 0 Å². The molecule has 0 saturated heterocycles. The molecular formula is C10H17ClO. The molecule has 0 aromatic rings. The van der Waals surface area contributed by atoms with Crippen molar-refractivity contribution in [1.29, 1.82) is 0 Å². The Morgan fingerprint density at radius 2 is 2.25 bits per heavy atom. The van der Waals surface area contributed by atoms with Crippen LogP contribution in [0.5, 0.6) is 0 Å². The maximum Gasteiger partial charge on any atom is 0.141 e. The van der Waals surface area contributed by atoms with Gasteiger partial charge >= 0.3 is 0 Å². The van der Waals surface area contributed by atoms with Gasteiger partial charge in [-0.3, -0.25) is 0 Å². The largest absolute Gasteiger partial charge is 0.301 e. The van der Waals surface area contributed by atoms with Gasteiger partial charge in [0.15, 0.2) is 0 Å². The first-order valence-electron chi connectivity index (χ1n) is 4.88. The predicted molar refractivity (Wildman–Crippen MR) is 51.5 cm³/mol. The molecule has 0 spiro atoms. The highest BCUT2D eigenvalue weighted by Crippen LogP contribution is 2.42. The Balaban J connectivity index is 2.42. The molecule has 0 aromatic carbocycles. The highest BCUT2D eigenvalue weighted by Gasteiger charge is 2.39. The number of unbranched alkanes of at least 4 members (excludes halogenated alkanes) is 1. The summed E-state index contributed by atoms with van der Waals surface area (Å²) >= 11 is 6.24. The van der Waals surface area contributed by atoms with Gasteiger partial charge in [-0.15, -0.1) is 11.6 Å². The van der Waals surface area contributed by atoms with Gasteiger partial charge in [0.2, 0.25) is 0 Å². The minimum atomic E-state index is -0.520. The molecule has 0 aliphatic heterocycles. The van der Waals surface area contributed by atoms with E-state index in [0.717, 1.165) is 38.4 Å². The zero-order valence-corrected chi connectivity index (χ0v) is 8.44. The molecule has 2 heteroatoms. The van der Waals surface area contributed by atoms with E-state index in [1.54, 1.807) is 0 Å². The second kappa shape index (κ2) is 4.27. The molecule has 0 aromatic heterocycles. The lowest BCUT2D eigenvalue weighted by Gasteiger charge is -2.37. The Hall–Kier alpha value is -0.0400. The maximum absolute atomic E-state index is 10.8. The zero-order chi connectivity index (χ0) is 9.03. The first-order chi connectivity index (χ1) is 5.73. The van der Waals surface area contributed by atoms with Crippen LogP contribution in [0.1, 0.15) is 45.4 Å². The van der Waals surface area contributed by atoms with Crippen LogP contribution in [-0.4, -0.2) is 11.2 Å². The summed E-state index contributed by atoms with van der Waals surface area (Å²) in [7, 11) is 0. The second-order valence-electron chi connectivity index (χ2n) is 3.78. The number of carbonyl (C=O) groups is 1. The van der Waals surface area contributed by atoms with Crippen molar-refractivity contribution >= 4 is 17.9 Å². The van der Waals surface area contributed by atoms with Gasteiger partial charge in [-0.05, 0) is 25.2 Å². The van der Waals surface area contributed by atoms with Crippen molar-refractivity contribution in [1.82, 2.24) is 0 Å². The minimum absolute atomic E-state index is 0.461. The molecule has 1 nitrogen and oxygen atoms in total. The molecule has 70 valence electrons. The monoisotopic (exact) mass is 188 g/mol. The molecule has 1 atom stereocenters. The van der Waals surface area contributed by atoms with E-state index >= 15 is 0 Å². The summed E-state index contributed by atoms with van der Waals surface area (Å²) in [5.74, 6) is 0.461. The third-order valence-corrected chi connectivity index (χ3v) is 3.48. The maximum atomic E-state index is 10.8. The van der Waals surface area contributed by atoms with Gasteiger partial charge in [0.1, 0.15) is 11.2 Å². The smallest absolute Gasteiger partial charge is 0.141 e. The van der Waals surface area contributed by atoms with Gasteiger partial charge in [0, 0.05) is 0 Å². The second-order valence-corrected chi connectivity index (χ2v) is 4.48. The summed E-state index contributed by atoms with van der Waals surface area (Å²) in [5, 5.41) is 0. The number of alkyl halides is 1. The molecule has 1 unspecified atom stereocenters. The standard InChI is InChI=1S/C10H17ClO/c1-2-3-7-10(11,8-12)9-5-4-6-9/h8-9H,2-7H2,1H3. The van der Waals surface area contributed by atoms with Crippen molar-refractivity contribution in [3.05, 3.63) is 0 Å². The average Bonchev–Trinajstić information content (AvgIpc) is 1.98. The Morgan fingerprint density at radius 3 is 2.58 bits per heavy atom. The molecule has 0 bridgehead atoms. The normalized spacial score (nSPS) is 22.8. The molecule has 1 fully saturated rings. The van der Waals surface area contributed by atoms with Crippen molar-refractivity contribution < 1.29 is 4.79 Å². The van der Waals surface area contributed by atoms with E-state index in [0.29, 0.717) is 5.92 Å². The molecule has 1 aliphatic rings. The Morgan fingerprint density at radius 1 is 1.58 bits per heavy atom. The van der Waals surface area contributed by atoms with E-state index in [2.05, 4.69) is 6.92 Å². The fourth-order valence-corrected chi connectivity index (χ4v) is 2.05. The highest BCUT2D eigenvalue weighted by atomic mass is 35.5. The average molecular weight is 189 g/mol. The van der Waals surface area contributed by atoms with E-state index in [9.17, 15) is 4.79 Å². The third-order valence-electron chi connectivity index (χ3n) is 2.89. The summed E-state index contributed by atoms with van der Waals surface area (Å²) < 4.78 is 0. The van der Waals surface area contributed by atoms with E-state index in [4.69, 9.17) is 11.6 Å². The van der Waals surface area contributed by atoms with Gasteiger partial charge < -0.3 is 4.79 Å². The molecule has 0 heterocycles. The van der Waals surface area contributed by atoms with E-state index < -0.39 is 4.87 Å². The van der Waals surface area contributed by atoms with Gasteiger partial charge in [-0.25, -0.2) is 0 Å². The number of hydrogen-bond acceptors (Lipinski definition) is 1. The summed E-state index contributed by atoms with van der Waals surface area (Å²) in [4.78, 5) is 10.3. The Labute approximate surface area is 79.5 Å². The van der Waals surface area contributed by atoms with Gasteiger partial charge in [-0.2, -0.15) is 0 Å². The molecule has 1 saturated carbocycles. The third kappa shape index (κ3) is 2.01. The van der Waals surface area contributed by atoms with Crippen LogP contribution >= 0.6 is 11.6 Å². The number of rotatable bonds is 5. The number of hydrogen-bond donors (Lipinski definition) is 0. The van der Waals surface area contributed by atoms with Crippen LogP contribution < -0.4 is 0 Å². The molecule has 0 N–H and O–H groups in total. The first kappa shape index (κ1) is 10.0. The van der Waals surface area contributed by atoms with Crippen LogP contribution in [-0.2, 0) is 4.79 Å². The lowest BCUT2D eigenvalue weighted by atomic mass is 9.74. The number of carbonyl (C=O) groups excluding carboxylic acids is 1. The number of aldehydes is 1. The fourth-order valence-electron chi connectivity index (χ4n) is 1.70. The van der Waals surface area contributed by atoms with E-state index in [1.165, 1.54) is 6.42 Å². The Bertz CT molecular complexity index is 154. The number of halogens is 1. The summed E-state index contributed by atoms with van der Waals surface area (Å²) in [6.07, 6.45) is 7.55. The van der Waals surface area contributed by atoms with Gasteiger partial charge in [-0.1, -0.05) is 26.2 Å². The molecule has 1 rings (SSSR count). The molecule has 12 heavy (non-hydrogen) atoms. The minimum Gasteiger partial charge on any atom is -0.301 e. The SMILES string of the molecule is CCCCC(Cl)(C=O)C1CCC1. The van der Waals surface area contributed by atoms with Crippen LogP contribution in [0.4, 0.5) is 0 Å². The highest BCUT2D eigenvalue weighted by molar-refractivity contribution is 6.31. The van der Waals surface area contributed by atoms with Crippen LogP contribution in [0, 0.1) is 5.92 Å². The van der Waals surface area contributed by atoms with Crippen molar-refractivity contribution in [3.63, 3.8) is 0 Å². The fraction of sp³-hybridized carbons (Fsp3) is 0.900. The lowest BCUT2D eigenvalue weighted by Crippen LogP contribution is -2.38. The van der Waals surface area contributed by atoms with Crippen LogP contribution in [0.25, 0.3) is 0 Å². The van der Waals surface area contributed by atoms with Gasteiger partial charge in [0.05, 0.1) is 0 Å². The van der Waals surface area contributed by atoms with E-state index in [-0.39, 0.29) is 0 Å². The first-order valence-corrected chi connectivity index (χ1v) is 5.26. The van der Waals surface area contributed by atoms with Gasteiger partial charge in [0.25, 0.3) is 0 Å². The van der Waals surface area contributed by atoms with Crippen molar-refractivity contribution in [2.24, 2.45) is 5.92 Å². The summed E-state index contributed by atoms with van der Waals surface area (Å²) in [6.45, 7) is 2.13. The predicted octanol–water partition coefficient (Wildman–Crippen LogP) is 3.15. The quantitative estimate of drug-likeness (QED) is 0.479. The van der Waals surface area contributed by atoms with Crippen molar-refractivity contribution in [2.75, 3.05) is 0 Å². The zero-order valence-electron chi connectivity index (χ0n) is 7.68. The molecular weight excluding hydrogens is 172 g/mol. The van der Waals surface area contributed by atoms with Crippen molar-refractivity contribution in [3.8, 4) is 0 Å². The molecule has 1 aliphatic carbocycles. The molecule has 0 radical (unpaired) electrons. The topological polar surface area (TPSA) is 17.1 Å². The summed E-state index contributed by atoms with van der Waals surface area (Å²) in [6, 6.07) is 0. The lowest BCUT2D eigenvalue weighted by molar-refractivity contribution is -0.112.